The molecule has 1 fully saturated rings. The van der Waals surface area contributed by atoms with Crippen LogP contribution < -0.4 is 0 Å². The second-order valence-electron chi connectivity index (χ2n) is 2.09. The second kappa shape index (κ2) is 3.66. The van der Waals surface area contributed by atoms with Gasteiger partial charge in [0.15, 0.2) is 12.4 Å². The summed E-state index contributed by atoms with van der Waals surface area (Å²) < 4.78 is 14.2. The van der Waals surface area contributed by atoms with Crippen LogP contribution in [0.25, 0.3) is 0 Å². The van der Waals surface area contributed by atoms with Gasteiger partial charge in [0.2, 0.25) is 0 Å². The zero-order chi connectivity index (χ0) is 8.27. The van der Waals surface area contributed by atoms with Gasteiger partial charge >= 0.3 is 5.97 Å². The molecule has 0 aromatic rings. The Bertz CT molecular complexity index is 146. The molecule has 0 aliphatic carbocycles. The van der Waals surface area contributed by atoms with E-state index < -0.39 is 18.4 Å². The Labute approximate surface area is 63.9 Å². The summed E-state index contributed by atoms with van der Waals surface area (Å²) in [5.74, 6) is -0.471. The normalized spacial score (nSPS) is 30.4. The van der Waals surface area contributed by atoms with Crippen LogP contribution in [0.2, 0.25) is 0 Å². The van der Waals surface area contributed by atoms with Gasteiger partial charge < -0.3 is 19.3 Å². The summed E-state index contributed by atoms with van der Waals surface area (Å²) in [4.78, 5) is 10.8. The van der Waals surface area contributed by atoms with Gasteiger partial charge in [0, 0.05) is 0 Å². The highest BCUT2D eigenvalue weighted by molar-refractivity contribution is 5.74. The molecule has 0 amide bonds. The minimum atomic E-state index is -0.683. The summed E-state index contributed by atoms with van der Waals surface area (Å²) in [7, 11) is 1.28. The Morgan fingerprint density at radius 2 is 2.55 bits per heavy atom. The van der Waals surface area contributed by atoms with E-state index in [2.05, 4.69) is 4.74 Å². The maximum Gasteiger partial charge on any atom is 0.337 e. The number of ether oxygens (including phenoxy) is 3. The Morgan fingerprint density at radius 3 is 3.00 bits per heavy atom. The number of hydrogen-bond donors (Lipinski definition) is 1. The lowest BCUT2D eigenvalue weighted by Gasteiger charge is -2.06. The lowest BCUT2D eigenvalue weighted by atomic mass is 10.4. The minimum absolute atomic E-state index is 0.151. The Morgan fingerprint density at radius 1 is 1.82 bits per heavy atom. The zero-order valence-electron chi connectivity index (χ0n) is 6.15. The molecule has 5 nitrogen and oxygen atoms in total. The van der Waals surface area contributed by atoms with Crippen LogP contribution in [0.15, 0.2) is 0 Å². The van der Waals surface area contributed by atoms with Crippen molar-refractivity contribution in [3.63, 3.8) is 0 Å². The Balaban J connectivity index is 2.35. The standard InChI is InChI=1S/C6H10O5/c1-9-6(8)4-3-10-5(2-7)11-4/h4-5,7H,2-3H2,1H3/t4-,5?/m1/s1. The zero-order valence-corrected chi connectivity index (χ0v) is 6.15. The van der Waals surface area contributed by atoms with Crippen molar-refractivity contribution in [3.05, 3.63) is 0 Å². The topological polar surface area (TPSA) is 65.0 Å². The van der Waals surface area contributed by atoms with E-state index in [0.29, 0.717) is 0 Å². The SMILES string of the molecule is COC(=O)[C@H]1COC(CO)O1. The first kappa shape index (κ1) is 8.45. The number of carbonyl (C=O) groups excluding carboxylic acids is 1. The smallest absolute Gasteiger partial charge is 0.337 e. The summed E-state index contributed by atoms with van der Waals surface area (Å²) in [6, 6.07) is 0. The molecule has 1 unspecified atom stereocenters. The van der Waals surface area contributed by atoms with Gasteiger partial charge in [-0.05, 0) is 0 Å². The van der Waals surface area contributed by atoms with Gasteiger partial charge in [0.25, 0.3) is 0 Å². The number of methoxy groups -OCH3 is 1. The molecule has 11 heavy (non-hydrogen) atoms. The highest BCUT2D eigenvalue weighted by atomic mass is 16.7. The van der Waals surface area contributed by atoms with Crippen molar-refractivity contribution < 1.29 is 24.1 Å². The molecule has 0 bridgehead atoms. The lowest BCUT2D eigenvalue weighted by Crippen LogP contribution is -2.25. The fourth-order valence-electron chi connectivity index (χ4n) is 0.807. The average molecular weight is 162 g/mol. The van der Waals surface area contributed by atoms with Crippen LogP contribution in [0.4, 0.5) is 0 Å². The predicted molar refractivity (Wildman–Crippen MR) is 33.7 cm³/mol. The molecule has 0 radical (unpaired) electrons. The van der Waals surface area contributed by atoms with Crippen molar-refractivity contribution in [2.45, 2.75) is 12.4 Å². The van der Waals surface area contributed by atoms with Crippen LogP contribution >= 0.6 is 0 Å². The fourth-order valence-corrected chi connectivity index (χ4v) is 0.807. The lowest BCUT2D eigenvalue weighted by molar-refractivity contribution is -0.155. The van der Waals surface area contributed by atoms with Crippen LogP contribution in [0, 0.1) is 0 Å². The van der Waals surface area contributed by atoms with Gasteiger partial charge in [-0.1, -0.05) is 0 Å². The molecule has 1 N–H and O–H groups in total. The van der Waals surface area contributed by atoms with Gasteiger partial charge in [0.05, 0.1) is 20.3 Å². The van der Waals surface area contributed by atoms with Gasteiger partial charge in [-0.15, -0.1) is 0 Å². The van der Waals surface area contributed by atoms with Crippen molar-refractivity contribution in [3.8, 4) is 0 Å². The molecular formula is C6H10O5. The highest BCUT2D eigenvalue weighted by Gasteiger charge is 2.31. The van der Waals surface area contributed by atoms with E-state index >= 15 is 0 Å². The third-order valence-corrected chi connectivity index (χ3v) is 1.36. The molecule has 0 saturated carbocycles. The molecule has 1 aliphatic rings. The number of carbonyl (C=O) groups is 1. The van der Waals surface area contributed by atoms with E-state index in [4.69, 9.17) is 14.6 Å². The number of aliphatic hydroxyl groups is 1. The van der Waals surface area contributed by atoms with E-state index in [0.717, 1.165) is 0 Å². The van der Waals surface area contributed by atoms with Gasteiger partial charge in [0.1, 0.15) is 0 Å². The monoisotopic (exact) mass is 162 g/mol. The van der Waals surface area contributed by atoms with Crippen LogP contribution in [-0.4, -0.2) is 43.8 Å². The van der Waals surface area contributed by atoms with Crippen molar-refractivity contribution >= 4 is 5.97 Å². The van der Waals surface area contributed by atoms with Crippen LogP contribution in [0.5, 0.6) is 0 Å². The first-order valence-electron chi connectivity index (χ1n) is 3.23. The summed E-state index contributed by atoms with van der Waals surface area (Å²) in [6.45, 7) is -0.0919. The molecule has 2 atom stereocenters. The quantitative estimate of drug-likeness (QED) is 0.522. The van der Waals surface area contributed by atoms with E-state index in [1.165, 1.54) is 7.11 Å². The van der Waals surface area contributed by atoms with E-state index in [9.17, 15) is 4.79 Å². The second-order valence-corrected chi connectivity index (χ2v) is 2.09. The molecule has 0 aromatic carbocycles. The summed E-state index contributed by atoms with van der Waals surface area (Å²) >= 11 is 0. The van der Waals surface area contributed by atoms with Crippen LogP contribution in [-0.2, 0) is 19.0 Å². The molecular weight excluding hydrogens is 152 g/mol. The van der Waals surface area contributed by atoms with Crippen molar-refractivity contribution in [2.24, 2.45) is 0 Å². The maximum absolute atomic E-state index is 10.8. The summed E-state index contributed by atoms with van der Waals surface area (Å²) in [5, 5.41) is 8.54. The maximum atomic E-state index is 10.8. The molecule has 64 valence electrons. The van der Waals surface area contributed by atoms with Crippen LogP contribution in [0.1, 0.15) is 0 Å². The molecule has 1 aliphatic heterocycles. The van der Waals surface area contributed by atoms with E-state index in [1.54, 1.807) is 0 Å². The number of rotatable bonds is 2. The van der Waals surface area contributed by atoms with Crippen LogP contribution in [0.3, 0.4) is 0 Å². The third kappa shape index (κ3) is 1.89. The van der Waals surface area contributed by atoms with E-state index in [1.807, 2.05) is 0 Å². The largest absolute Gasteiger partial charge is 0.467 e. The summed E-state index contributed by atoms with van der Waals surface area (Å²) in [6.07, 6.45) is -1.36. The molecule has 0 aromatic heterocycles. The molecule has 0 spiro atoms. The first-order valence-corrected chi connectivity index (χ1v) is 3.23. The minimum Gasteiger partial charge on any atom is -0.467 e. The highest BCUT2D eigenvalue weighted by Crippen LogP contribution is 2.11. The Hall–Kier alpha value is -0.650. The first-order chi connectivity index (χ1) is 5.27. The van der Waals surface area contributed by atoms with Gasteiger partial charge in [-0.3, -0.25) is 0 Å². The molecule has 1 saturated heterocycles. The average Bonchev–Trinajstić information content (AvgIpc) is 2.50. The number of hydrogen-bond acceptors (Lipinski definition) is 5. The van der Waals surface area contributed by atoms with E-state index in [-0.39, 0.29) is 13.2 Å². The Kier molecular flexibility index (Phi) is 2.81. The van der Waals surface area contributed by atoms with Crippen molar-refractivity contribution in [1.82, 2.24) is 0 Å². The predicted octanol–water partition coefficient (Wildman–Crippen LogP) is -1.11. The third-order valence-electron chi connectivity index (χ3n) is 1.36. The summed E-state index contributed by atoms with van der Waals surface area (Å²) in [5.41, 5.74) is 0. The molecule has 5 heteroatoms. The van der Waals surface area contributed by atoms with Gasteiger partial charge in [-0.2, -0.15) is 0 Å². The fraction of sp³-hybridized carbons (Fsp3) is 0.833. The molecule has 1 heterocycles. The van der Waals surface area contributed by atoms with Crippen molar-refractivity contribution in [2.75, 3.05) is 20.3 Å². The van der Waals surface area contributed by atoms with Gasteiger partial charge in [-0.25, -0.2) is 4.79 Å². The molecule has 1 rings (SSSR count). The number of esters is 1. The van der Waals surface area contributed by atoms with Crippen molar-refractivity contribution in [1.29, 1.82) is 0 Å². The number of aliphatic hydroxyl groups excluding tert-OH is 1.